The van der Waals surface area contributed by atoms with Crippen LogP contribution in [0.25, 0.3) is 0 Å². The average Bonchev–Trinajstić information content (AvgIpc) is 3.70. The molecule has 7 nitrogen and oxygen atoms in total. The van der Waals surface area contributed by atoms with Gasteiger partial charge >= 0.3 is 11.9 Å². The van der Waals surface area contributed by atoms with Gasteiger partial charge in [-0.3, -0.25) is 14.4 Å². The molecule has 2 aromatic carbocycles. The lowest BCUT2D eigenvalue weighted by Crippen LogP contribution is -2.61. The summed E-state index contributed by atoms with van der Waals surface area (Å²) in [5, 5.41) is 4.08. The largest absolute Gasteiger partial charge is 0.462 e. The maximum atomic E-state index is 13.2. The highest BCUT2D eigenvalue weighted by Crippen LogP contribution is 2.51. The molecule has 2 saturated carbocycles. The van der Waals surface area contributed by atoms with Gasteiger partial charge in [-0.25, -0.2) is 0 Å². The summed E-state index contributed by atoms with van der Waals surface area (Å²) >= 11 is 12.2. The molecule has 4 unspecified atom stereocenters. The second-order valence-corrected chi connectivity index (χ2v) is 12.4. The van der Waals surface area contributed by atoms with E-state index in [2.05, 4.69) is 16.3 Å². The summed E-state index contributed by atoms with van der Waals surface area (Å²) in [6.45, 7) is 5.63. The fraction of sp³-hybridized carbons (Fsp3) is 0.516. The number of hydrogen-bond donors (Lipinski definition) is 1. The lowest BCUT2D eigenvalue weighted by Gasteiger charge is -2.55. The predicted molar refractivity (Wildman–Crippen MR) is 154 cm³/mol. The van der Waals surface area contributed by atoms with Crippen molar-refractivity contribution < 1.29 is 23.9 Å². The summed E-state index contributed by atoms with van der Waals surface area (Å²) in [6.07, 6.45) is 4.45. The number of likely N-dealkylation sites (tertiary alicyclic amines) is 1. The second-order valence-electron chi connectivity index (χ2n) is 11.6. The normalized spacial score (nSPS) is 26.4. The Morgan fingerprint density at radius 1 is 1.05 bits per heavy atom. The van der Waals surface area contributed by atoms with Crippen molar-refractivity contribution in [1.29, 1.82) is 0 Å². The van der Waals surface area contributed by atoms with Crippen LogP contribution >= 0.6 is 23.2 Å². The first-order valence-corrected chi connectivity index (χ1v) is 14.8. The number of esters is 2. The van der Waals surface area contributed by atoms with Crippen LogP contribution in [0.3, 0.4) is 0 Å². The number of carbonyl (C=O) groups is 3. The van der Waals surface area contributed by atoms with Crippen molar-refractivity contribution in [2.45, 2.75) is 69.9 Å². The molecule has 40 heavy (non-hydrogen) atoms. The number of nitrogens with one attached hydrogen (secondary N) is 1. The Labute approximate surface area is 245 Å². The summed E-state index contributed by atoms with van der Waals surface area (Å²) < 4.78 is 11.4. The van der Waals surface area contributed by atoms with Gasteiger partial charge in [-0.2, -0.15) is 0 Å². The van der Waals surface area contributed by atoms with Gasteiger partial charge in [0.15, 0.2) is 0 Å². The van der Waals surface area contributed by atoms with E-state index >= 15 is 0 Å². The molecule has 1 N–H and O–H groups in total. The Hall–Kier alpha value is -2.61. The van der Waals surface area contributed by atoms with E-state index in [-0.39, 0.29) is 47.7 Å². The average molecular weight is 588 g/mol. The molecule has 9 heteroatoms. The van der Waals surface area contributed by atoms with E-state index in [1.54, 1.807) is 24.3 Å². The van der Waals surface area contributed by atoms with Crippen molar-refractivity contribution in [1.82, 2.24) is 10.2 Å². The van der Waals surface area contributed by atoms with Gasteiger partial charge in [0.1, 0.15) is 11.9 Å². The first-order valence-electron chi connectivity index (χ1n) is 14.0. The van der Waals surface area contributed by atoms with Crippen LogP contribution in [-0.4, -0.2) is 54.5 Å². The summed E-state index contributed by atoms with van der Waals surface area (Å²) in [6, 6.07) is 12.7. The molecule has 1 heterocycles. The molecule has 3 fully saturated rings. The number of benzene rings is 2. The SMILES string of the molecule is CC(=O)Oc1cccc(C23CCN(CC4CC4)CC2C(OC(C)=O)CC(NC(=O)Cc2ccc(Cl)c(Cl)c2)C3)c1. The smallest absolute Gasteiger partial charge is 0.308 e. The number of hydrogen-bond acceptors (Lipinski definition) is 6. The van der Waals surface area contributed by atoms with Gasteiger partial charge in [0, 0.05) is 50.7 Å². The topological polar surface area (TPSA) is 84.9 Å². The van der Waals surface area contributed by atoms with Crippen molar-refractivity contribution in [2.75, 3.05) is 19.6 Å². The Morgan fingerprint density at radius 2 is 1.85 bits per heavy atom. The van der Waals surface area contributed by atoms with Crippen LogP contribution in [0.2, 0.25) is 10.0 Å². The minimum atomic E-state index is -0.376. The van der Waals surface area contributed by atoms with Gasteiger partial charge in [-0.1, -0.05) is 41.4 Å². The lowest BCUT2D eigenvalue weighted by atomic mass is 9.57. The van der Waals surface area contributed by atoms with Crippen molar-refractivity contribution in [2.24, 2.45) is 11.8 Å². The molecule has 2 aliphatic carbocycles. The third-order valence-electron chi connectivity index (χ3n) is 8.53. The number of nitrogens with zero attached hydrogens (tertiary/aromatic N) is 1. The first kappa shape index (κ1) is 28.9. The standard InChI is InChI=1S/C31H36Cl2N2O5/c1-19(36)39-25-5-3-4-23(14-25)31-10-11-35(17-21-6-7-21)18-26(31)29(40-20(2)37)15-24(16-31)34-30(38)13-22-8-9-27(32)28(33)12-22/h3-5,8-9,12,14,21,24,26,29H,6-7,10-11,13,15-18H2,1-2H3,(H,34,38). The summed E-state index contributed by atoms with van der Waals surface area (Å²) in [7, 11) is 0. The van der Waals surface area contributed by atoms with Gasteiger partial charge in [0.05, 0.1) is 16.5 Å². The number of ether oxygens (including phenoxy) is 2. The molecule has 1 saturated heterocycles. The van der Waals surface area contributed by atoms with E-state index in [1.807, 2.05) is 12.1 Å². The van der Waals surface area contributed by atoms with Gasteiger partial charge in [-0.05, 0) is 73.5 Å². The number of fused-ring (bicyclic) bond motifs is 1. The van der Waals surface area contributed by atoms with Crippen LogP contribution in [0.5, 0.6) is 5.75 Å². The van der Waals surface area contributed by atoms with Crippen molar-refractivity contribution >= 4 is 41.0 Å². The number of rotatable bonds is 8. The van der Waals surface area contributed by atoms with Gasteiger partial charge < -0.3 is 19.7 Å². The maximum absolute atomic E-state index is 13.2. The quantitative estimate of drug-likeness (QED) is 0.332. The number of piperidine rings is 1. The molecule has 5 rings (SSSR count). The minimum Gasteiger partial charge on any atom is -0.462 e. The first-order chi connectivity index (χ1) is 19.1. The molecule has 2 aromatic rings. The zero-order chi connectivity index (χ0) is 28.4. The molecular formula is C31H36Cl2N2O5. The Bertz CT molecular complexity index is 1280. The molecule has 0 bridgehead atoms. The predicted octanol–water partition coefficient (Wildman–Crippen LogP) is 5.34. The van der Waals surface area contributed by atoms with E-state index in [4.69, 9.17) is 32.7 Å². The molecule has 1 amide bonds. The highest BCUT2D eigenvalue weighted by molar-refractivity contribution is 6.42. The van der Waals surface area contributed by atoms with Crippen molar-refractivity contribution in [3.63, 3.8) is 0 Å². The Morgan fingerprint density at radius 3 is 2.55 bits per heavy atom. The van der Waals surface area contributed by atoms with E-state index in [0.29, 0.717) is 28.6 Å². The molecule has 0 spiro atoms. The summed E-state index contributed by atoms with van der Waals surface area (Å²) in [4.78, 5) is 39.7. The Kier molecular flexibility index (Phi) is 8.74. The maximum Gasteiger partial charge on any atom is 0.308 e. The minimum absolute atomic E-state index is 0.0414. The number of halogens is 2. The fourth-order valence-corrected chi connectivity index (χ4v) is 7.01. The lowest BCUT2D eigenvalue weighted by molar-refractivity contribution is -0.157. The van der Waals surface area contributed by atoms with Crippen LogP contribution in [-0.2, 0) is 31.0 Å². The van der Waals surface area contributed by atoms with Crippen molar-refractivity contribution in [3.05, 3.63) is 63.6 Å². The fourth-order valence-electron chi connectivity index (χ4n) is 6.69. The molecule has 214 valence electrons. The molecule has 1 aliphatic heterocycles. The molecule has 4 atom stereocenters. The molecule has 0 aromatic heterocycles. The summed E-state index contributed by atoms with van der Waals surface area (Å²) in [5.41, 5.74) is 1.45. The van der Waals surface area contributed by atoms with Crippen LogP contribution < -0.4 is 10.1 Å². The molecule has 0 radical (unpaired) electrons. The number of amides is 1. The third-order valence-corrected chi connectivity index (χ3v) is 9.27. The second kappa shape index (κ2) is 12.1. The van der Waals surface area contributed by atoms with Crippen LogP contribution in [0.4, 0.5) is 0 Å². The molecule has 3 aliphatic rings. The van der Waals surface area contributed by atoms with E-state index in [0.717, 1.165) is 43.1 Å². The summed E-state index contributed by atoms with van der Waals surface area (Å²) in [5.74, 6) is 0.462. The zero-order valence-corrected chi connectivity index (χ0v) is 24.5. The zero-order valence-electron chi connectivity index (χ0n) is 23.0. The van der Waals surface area contributed by atoms with Gasteiger partial charge in [-0.15, -0.1) is 0 Å². The van der Waals surface area contributed by atoms with Gasteiger partial charge in [0.25, 0.3) is 0 Å². The van der Waals surface area contributed by atoms with E-state index in [1.165, 1.54) is 26.7 Å². The molecular weight excluding hydrogens is 551 g/mol. The monoisotopic (exact) mass is 586 g/mol. The number of carbonyl (C=O) groups excluding carboxylic acids is 3. The van der Waals surface area contributed by atoms with Crippen LogP contribution in [0.1, 0.15) is 57.1 Å². The van der Waals surface area contributed by atoms with E-state index in [9.17, 15) is 14.4 Å². The van der Waals surface area contributed by atoms with Crippen LogP contribution in [0.15, 0.2) is 42.5 Å². The Balaban J connectivity index is 1.44. The van der Waals surface area contributed by atoms with Crippen molar-refractivity contribution in [3.8, 4) is 5.75 Å². The highest BCUT2D eigenvalue weighted by Gasteiger charge is 2.54. The van der Waals surface area contributed by atoms with Crippen LogP contribution in [0, 0.1) is 11.8 Å². The highest BCUT2D eigenvalue weighted by atomic mass is 35.5. The van der Waals surface area contributed by atoms with E-state index < -0.39 is 0 Å². The van der Waals surface area contributed by atoms with Gasteiger partial charge in [0.2, 0.25) is 5.91 Å². The third kappa shape index (κ3) is 6.81.